The lowest BCUT2D eigenvalue weighted by Crippen LogP contribution is -2.24. The number of allylic oxidation sites excluding steroid dienone is 3. The van der Waals surface area contributed by atoms with Crippen molar-refractivity contribution in [2.24, 2.45) is 0 Å². The Bertz CT molecular complexity index is 584. The third kappa shape index (κ3) is 7.99. The average molecular weight is 397 g/mol. The number of hydrogen-bond acceptors (Lipinski definition) is 4. The fraction of sp³-hybridized carbons (Fsp3) is 0.438. The van der Waals surface area contributed by atoms with Gasteiger partial charge in [0.1, 0.15) is 5.56 Å². The fourth-order valence-electron chi connectivity index (χ4n) is 1.29. The maximum atomic E-state index is 12.2. The van der Waals surface area contributed by atoms with Crippen molar-refractivity contribution in [1.29, 1.82) is 0 Å². The van der Waals surface area contributed by atoms with E-state index in [-0.39, 0.29) is 16.7 Å². The summed E-state index contributed by atoms with van der Waals surface area (Å²) in [5.74, 6) is -0.445. The maximum absolute atomic E-state index is 12.2. The number of carbonyl (C=O) groups is 1. The molecule has 1 heterocycles. The summed E-state index contributed by atoms with van der Waals surface area (Å²) in [6.07, 6.45) is 2.87. The molecular weight excluding hydrogens is 373 g/mol. The normalized spacial score (nSPS) is 11.2. The van der Waals surface area contributed by atoms with Crippen molar-refractivity contribution in [3.63, 3.8) is 0 Å². The Kier molecular flexibility index (Phi) is 14.6. The van der Waals surface area contributed by atoms with E-state index in [1.165, 1.54) is 13.3 Å². The van der Waals surface area contributed by atoms with Gasteiger partial charge in [0, 0.05) is 11.2 Å². The van der Waals surface area contributed by atoms with Crippen molar-refractivity contribution in [1.82, 2.24) is 15.3 Å². The minimum Gasteiger partial charge on any atom is -0.480 e. The Morgan fingerprint density at radius 1 is 1.25 bits per heavy atom. The van der Waals surface area contributed by atoms with Crippen LogP contribution in [0.1, 0.15) is 51.9 Å². The molecule has 0 radical (unpaired) electrons. The molecule has 0 atom stereocenters. The minimum absolute atomic E-state index is 0.0193. The number of hydrogen-bond donors (Lipinski definition) is 1. The van der Waals surface area contributed by atoms with Crippen molar-refractivity contribution in [3.05, 3.63) is 38.9 Å². The van der Waals surface area contributed by atoms with Crippen molar-refractivity contribution in [3.8, 4) is 5.88 Å². The first-order valence-corrected chi connectivity index (χ1v) is 8.60. The van der Waals surface area contributed by atoms with Gasteiger partial charge in [-0.05, 0) is 25.4 Å². The second kappa shape index (κ2) is 14.1. The van der Waals surface area contributed by atoms with E-state index >= 15 is 0 Å². The van der Waals surface area contributed by atoms with E-state index in [4.69, 9.17) is 39.5 Å². The highest BCUT2D eigenvalue weighted by atomic mass is 35.5. The zero-order valence-corrected chi connectivity index (χ0v) is 17.3. The molecule has 0 unspecified atom stereocenters. The van der Waals surface area contributed by atoms with E-state index in [0.717, 1.165) is 0 Å². The molecule has 1 amide bonds. The van der Waals surface area contributed by atoms with Gasteiger partial charge in [0.25, 0.3) is 5.91 Å². The molecule has 1 aromatic heterocycles. The molecule has 1 aromatic rings. The summed E-state index contributed by atoms with van der Waals surface area (Å²) >= 11 is 17.5. The number of nitrogens with zero attached hydrogens (tertiary/aromatic N) is 2. The van der Waals surface area contributed by atoms with Gasteiger partial charge in [-0.15, -0.1) is 0 Å². The molecule has 8 heteroatoms. The Labute approximate surface area is 159 Å². The minimum atomic E-state index is -0.506. The number of ether oxygens (including phenoxy) is 1. The van der Waals surface area contributed by atoms with Crippen LogP contribution in [0.4, 0.5) is 0 Å². The van der Waals surface area contributed by atoms with Gasteiger partial charge in [-0.25, -0.2) is 4.98 Å². The summed E-state index contributed by atoms with van der Waals surface area (Å²) in [7, 11) is 1.37. The van der Waals surface area contributed by atoms with Gasteiger partial charge in [0.2, 0.25) is 11.2 Å². The molecule has 0 bridgehead atoms. The SMILES string of the molecule is C/C=C(Cl)\C(NC(=O)c1cnc(Cl)nc1OC)=C(/C)Cl.CC.CC. The quantitative estimate of drug-likeness (QED) is 0.536. The molecule has 0 aromatic carbocycles. The Balaban J connectivity index is 0. The molecule has 5 nitrogen and oxygen atoms in total. The summed E-state index contributed by atoms with van der Waals surface area (Å²) in [5, 5.41) is 3.23. The first-order chi connectivity index (χ1) is 11.4. The van der Waals surface area contributed by atoms with E-state index in [0.29, 0.717) is 15.8 Å². The molecule has 1 rings (SSSR count). The second-order valence-electron chi connectivity index (χ2n) is 3.56. The number of carbonyl (C=O) groups excluding carboxylic acids is 1. The van der Waals surface area contributed by atoms with E-state index in [1.54, 1.807) is 19.9 Å². The van der Waals surface area contributed by atoms with Gasteiger partial charge >= 0.3 is 0 Å². The monoisotopic (exact) mass is 395 g/mol. The maximum Gasteiger partial charge on any atom is 0.262 e. The van der Waals surface area contributed by atoms with Crippen LogP contribution in [0.2, 0.25) is 5.28 Å². The Morgan fingerprint density at radius 2 is 1.79 bits per heavy atom. The van der Waals surface area contributed by atoms with Crippen LogP contribution < -0.4 is 10.1 Å². The first kappa shape index (κ1) is 24.9. The Morgan fingerprint density at radius 3 is 2.21 bits per heavy atom. The van der Waals surface area contributed by atoms with Crippen LogP contribution in [0.5, 0.6) is 5.88 Å². The number of nitrogens with one attached hydrogen (secondary N) is 1. The van der Waals surface area contributed by atoms with E-state index in [9.17, 15) is 4.79 Å². The van der Waals surface area contributed by atoms with Crippen molar-refractivity contribution in [2.75, 3.05) is 7.11 Å². The summed E-state index contributed by atoms with van der Waals surface area (Å²) < 4.78 is 4.98. The zero-order valence-electron chi connectivity index (χ0n) is 15.0. The zero-order chi connectivity index (χ0) is 19.3. The van der Waals surface area contributed by atoms with E-state index < -0.39 is 5.91 Å². The molecule has 0 fully saturated rings. The highest BCUT2D eigenvalue weighted by Gasteiger charge is 2.18. The fourth-order valence-corrected chi connectivity index (χ4v) is 1.80. The predicted octanol–water partition coefficient (Wildman–Crippen LogP) is 5.53. The van der Waals surface area contributed by atoms with Crippen LogP contribution in [0.15, 0.2) is 28.0 Å². The predicted molar refractivity (Wildman–Crippen MR) is 102 cm³/mol. The standard InChI is InChI=1S/C12H12Cl3N3O2.2C2H6/c1-4-8(14)9(6(2)13)17-10(19)7-5-16-12(15)18-11(7)20-3;2*1-2/h4-5H,1-3H3,(H,17,19);2*1-2H3/b8-4+,9-6-;;. The number of methoxy groups -OCH3 is 1. The first-order valence-electron chi connectivity index (χ1n) is 7.47. The second-order valence-corrected chi connectivity index (χ2v) is 4.87. The van der Waals surface area contributed by atoms with E-state index in [2.05, 4.69) is 15.3 Å². The van der Waals surface area contributed by atoms with Crippen LogP contribution in [-0.4, -0.2) is 23.0 Å². The lowest BCUT2D eigenvalue weighted by molar-refractivity contribution is 0.0962. The van der Waals surface area contributed by atoms with Crippen LogP contribution in [-0.2, 0) is 0 Å². The molecule has 0 saturated carbocycles. The molecule has 0 aliphatic heterocycles. The largest absolute Gasteiger partial charge is 0.480 e. The number of rotatable bonds is 4. The number of aromatic nitrogens is 2. The summed E-state index contributed by atoms with van der Waals surface area (Å²) in [5.41, 5.74) is 0.422. The third-order valence-electron chi connectivity index (χ3n) is 2.24. The van der Waals surface area contributed by atoms with Gasteiger partial charge < -0.3 is 10.1 Å². The van der Waals surface area contributed by atoms with Gasteiger partial charge in [-0.1, -0.05) is 57.0 Å². The third-order valence-corrected chi connectivity index (χ3v) is 3.02. The molecule has 24 heavy (non-hydrogen) atoms. The van der Waals surface area contributed by atoms with Crippen LogP contribution >= 0.6 is 34.8 Å². The van der Waals surface area contributed by atoms with Crippen LogP contribution in [0.25, 0.3) is 0 Å². The number of halogens is 3. The van der Waals surface area contributed by atoms with Crippen molar-refractivity contribution in [2.45, 2.75) is 41.5 Å². The van der Waals surface area contributed by atoms with Gasteiger partial charge in [0.15, 0.2) is 0 Å². The highest BCUT2D eigenvalue weighted by molar-refractivity contribution is 6.35. The Hall–Kier alpha value is -1.30. The molecule has 1 N–H and O–H groups in total. The lowest BCUT2D eigenvalue weighted by Gasteiger charge is -2.11. The smallest absolute Gasteiger partial charge is 0.262 e. The molecule has 0 aliphatic carbocycles. The molecule has 136 valence electrons. The van der Waals surface area contributed by atoms with Crippen LogP contribution in [0, 0.1) is 0 Å². The van der Waals surface area contributed by atoms with Crippen molar-refractivity contribution >= 4 is 40.7 Å². The lowest BCUT2D eigenvalue weighted by atomic mass is 10.2. The molecule has 0 saturated heterocycles. The highest BCUT2D eigenvalue weighted by Crippen LogP contribution is 2.21. The summed E-state index contributed by atoms with van der Waals surface area (Å²) in [6.45, 7) is 11.3. The van der Waals surface area contributed by atoms with Crippen molar-refractivity contribution < 1.29 is 9.53 Å². The molecule has 0 aliphatic rings. The average Bonchev–Trinajstić information content (AvgIpc) is 2.61. The topological polar surface area (TPSA) is 64.1 Å². The molecule has 0 spiro atoms. The van der Waals surface area contributed by atoms with Gasteiger partial charge in [-0.3, -0.25) is 4.79 Å². The summed E-state index contributed by atoms with van der Waals surface area (Å²) in [6, 6.07) is 0. The number of amides is 1. The molecular formula is C16H24Cl3N3O2. The van der Waals surface area contributed by atoms with Crippen LogP contribution in [0.3, 0.4) is 0 Å². The van der Waals surface area contributed by atoms with E-state index in [1.807, 2.05) is 27.7 Å². The van der Waals surface area contributed by atoms with Gasteiger partial charge in [0.05, 0.1) is 17.8 Å². The summed E-state index contributed by atoms with van der Waals surface area (Å²) in [4.78, 5) is 19.7. The van der Waals surface area contributed by atoms with Gasteiger partial charge in [-0.2, -0.15) is 4.98 Å².